The Bertz CT molecular complexity index is 1220. The van der Waals surface area contributed by atoms with E-state index in [2.05, 4.69) is 15.6 Å². The van der Waals surface area contributed by atoms with Gasteiger partial charge in [-0.3, -0.25) is 25.2 Å². The van der Waals surface area contributed by atoms with Crippen molar-refractivity contribution in [1.29, 1.82) is 5.26 Å². The van der Waals surface area contributed by atoms with Crippen LogP contribution in [0, 0.1) is 11.3 Å². The Hall–Kier alpha value is -3.88. The molecular formula is C20H16N4O5S2. The van der Waals surface area contributed by atoms with Gasteiger partial charge >= 0.3 is 0 Å². The number of carbonyl (C=O) groups excluding carboxylic acids is 2. The van der Waals surface area contributed by atoms with E-state index in [0.29, 0.717) is 11.3 Å². The molecule has 0 aliphatic carbocycles. The van der Waals surface area contributed by atoms with Crippen LogP contribution in [0.1, 0.15) is 15.9 Å². The lowest BCUT2D eigenvalue weighted by Crippen LogP contribution is -2.44. The number of thiophene rings is 1. The van der Waals surface area contributed by atoms with Gasteiger partial charge in [0.15, 0.2) is 6.61 Å². The van der Waals surface area contributed by atoms with Gasteiger partial charge in [0.1, 0.15) is 9.96 Å². The minimum absolute atomic E-state index is 0.0240. The Balaban J connectivity index is 1.58. The molecule has 2 amide bonds. The summed E-state index contributed by atoms with van der Waals surface area (Å²) < 4.78 is 32.6. The van der Waals surface area contributed by atoms with Crippen LogP contribution in [0.5, 0.6) is 5.75 Å². The minimum atomic E-state index is -3.84. The Morgan fingerprint density at radius 3 is 2.42 bits per heavy atom. The second-order valence-electron chi connectivity index (χ2n) is 6.01. The molecule has 3 N–H and O–H groups in total. The zero-order valence-corrected chi connectivity index (χ0v) is 17.5. The Kier molecular flexibility index (Phi) is 6.86. The third kappa shape index (κ3) is 5.81. The molecule has 0 fully saturated rings. The van der Waals surface area contributed by atoms with Gasteiger partial charge in [0, 0.05) is 0 Å². The van der Waals surface area contributed by atoms with E-state index in [9.17, 15) is 18.0 Å². The second-order valence-corrected chi connectivity index (χ2v) is 8.87. The highest BCUT2D eigenvalue weighted by atomic mass is 32.2. The standard InChI is InChI=1S/C20H16N4O5S2/c21-12-14-7-9-15(10-8-14)29-13-18(25)22-23-20(26)16-4-1-2-5-17(16)24-31(27,28)19-6-3-11-30-19/h1-11,24H,13H2,(H,22,25)(H,23,26). The number of amides is 2. The average molecular weight is 457 g/mol. The van der Waals surface area contributed by atoms with Crippen molar-refractivity contribution in [2.75, 3.05) is 11.3 Å². The number of sulfonamides is 1. The lowest BCUT2D eigenvalue weighted by atomic mass is 10.2. The molecule has 0 saturated carbocycles. The van der Waals surface area contributed by atoms with Crippen molar-refractivity contribution in [3.05, 3.63) is 77.2 Å². The molecular weight excluding hydrogens is 440 g/mol. The Labute approximate surface area is 182 Å². The summed E-state index contributed by atoms with van der Waals surface area (Å²) in [5.74, 6) is -0.959. The van der Waals surface area contributed by atoms with E-state index in [4.69, 9.17) is 10.00 Å². The summed E-state index contributed by atoms with van der Waals surface area (Å²) in [6.45, 7) is -0.376. The van der Waals surface area contributed by atoms with Gasteiger partial charge in [-0.25, -0.2) is 8.42 Å². The van der Waals surface area contributed by atoms with Crippen LogP contribution >= 0.6 is 11.3 Å². The van der Waals surface area contributed by atoms with E-state index in [0.717, 1.165) is 11.3 Å². The highest BCUT2D eigenvalue weighted by Gasteiger charge is 2.19. The van der Waals surface area contributed by atoms with Crippen molar-refractivity contribution < 1.29 is 22.7 Å². The summed E-state index contributed by atoms with van der Waals surface area (Å²) in [5.41, 5.74) is 4.97. The number of anilines is 1. The van der Waals surface area contributed by atoms with Crippen LogP contribution in [0.3, 0.4) is 0 Å². The maximum absolute atomic E-state index is 12.5. The lowest BCUT2D eigenvalue weighted by Gasteiger charge is -2.13. The third-order valence-corrected chi connectivity index (χ3v) is 6.61. The first-order valence-electron chi connectivity index (χ1n) is 8.76. The largest absolute Gasteiger partial charge is 0.484 e. The average Bonchev–Trinajstić information content (AvgIpc) is 3.32. The smallest absolute Gasteiger partial charge is 0.276 e. The van der Waals surface area contributed by atoms with Gasteiger partial charge in [0.05, 0.1) is 22.9 Å². The first-order valence-corrected chi connectivity index (χ1v) is 11.1. The highest BCUT2D eigenvalue weighted by Crippen LogP contribution is 2.22. The summed E-state index contributed by atoms with van der Waals surface area (Å²) >= 11 is 1.05. The first-order chi connectivity index (χ1) is 14.9. The fourth-order valence-electron chi connectivity index (χ4n) is 2.39. The molecule has 11 heteroatoms. The van der Waals surface area contributed by atoms with Gasteiger partial charge in [-0.15, -0.1) is 11.3 Å². The molecule has 1 aromatic heterocycles. The van der Waals surface area contributed by atoms with Crippen LogP contribution in [-0.4, -0.2) is 26.8 Å². The molecule has 0 saturated heterocycles. The van der Waals surface area contributed by atoms with Crippen molar-refractivity contribution in [3.63, 3.8) is 0 Å². The molecule has 0 aliphatic heterocycles. The zero-order chi connectivity index (χ0) is 22.3. The molecule has 2 aromatic carbocycles. The normalized spacial score (nSPS) is 10.5. The molecule has 31 heavy (non-hydrogen) atoms. The lowest BCUT2D eigenvalue weighted by molar-refractivity contribution is -0.123. The van der Waals surface area contributed by atoms with Crippen molar-refractivity contribution in [2.24, 2.45) is 0 Å². The molecule has 0 spiro atoms. The van der Waals surface area contributed by atoms with Gasteiger partial charge in [0.25, 0.3) is 21.8 Å². The number of nitrogens with zero attached hydrogens (tertiary/aromatic N) is 1. The van der Waals surface area contributed by atoms with Gasteiger partial charge in [0.2, 0.25) is 0 Å². The van der Waals surface area contributed by atoms with Crippen LogP contribution < -0.4 is 20.3 Å². The van der Waals surface area contributed by atoms with Crippen molar-refractivity contribution >= 4 is 38.9 Å². The predicted octanol–water partition coefficient (Wildman–Crippen LogP) is 2.26. The number of rotatable bonds is 7. The minimum Gasteiger partial charge on any atom is -0.484 e. The quantitative estimate of drug-likeness (QED) is 0.466. The zero-order valence-electron chi connectivity index (χ0n) is 15.9. The van der Waals surface area contributed by atoms with E-state index < -0.39 is 21.8 Å². The summed E-state index contributed by atoms with van der Waals surface area (Å²) in [4.78, 5) is 24.4. The van der Waals surface area contributed by atoms with E-state index in [1.807, 2.05) is 6.07 Å². The van der Waals surface area contributed by atoms with E-state index in [1.165, 1.54) is 18.2 Å². The van der Waals surface area contributed by atoms with E-state index in [-0.39, 0.29) is 22.1 Å². The van der Waals surface area contributed by atoms with Crippen molar-refractivity contribution in [2.45, 2.75) is 4.21 Å². The molecule has 9 nitrogen and oxygen atoms in total. The maximum Gasteiger partial charge on any atom is 0.276 e. The van der Waals surface area contributed by atoms with Crippen LogP contribution in [0.25, 0.3) is 0 Å². The van der Waals surface area contributed by atoms with E-state index in [1.54, 1.807) is 47.8 Å². The molecule has 0 bridgehead atoms. The van der Waals surface area contributed by atoms with Crippen LogP contribution in [0.2, 0.25) is 0 Å². The fraction of sp³-hybridized carbons (Fsp3) is 0.0500. The number of nitrogens with one attached hydrogen (secondary N) is 3. The molecule has 0 aliphatic rings. The molecule has 0 radical (unpaired) electrons. The summed E-state index contributed by atoms with van der Waals surface area (Å²) in [5, 5.41) is 10.4. The van der Waals surface area contributed by atoms with Gasteiger partial charge < -0.3 is 4.74 Å². The molecule has 3 rings (SSSR count). The Morgan fingerprint density at radius 1 is 1.00 bits per heavy atom. The first kappa shape index (κ1) is 21.8. The number of hydrazine groups is 1. The summed E-state index contributed by atoms with van der Waals surface area (Å²) in [6.07, 6.45) is 0. The molecule has 1 heterocycles. The van der Waals surface area contributed by atoms with Gasteiger partial charge in [-0.05, 0) is 47.8 Å². The maximum atomic E-state index is 12.5. The Morgan fingerprint density at radius 2 is 1.74 bits per heavy atom. The topological polar surface area (TPSA) is 137 Å². The number of para-hydroxylation sites is 1. The van der Waals surface area contributed by atoms with Crippen molar-refractivity contribution in [1.82, 2.24) is 10.9 Å². The second kappa shape index (κ2) is 9.75. The van der Waals surface area contributed by atoms with Crippen LogP contribution in [0.15, 0.2) is 70.3 Å². The third-order valence-electron chi connectivity index (χ3n) is 3.84. The van der Waals surface area contributed by atoms with Gasteiger partial charge in [-0.1, -0.05) is 18.2 Å². The number of hydrogen-bond acceptors (Lipinski definition) is 7. The molecule has 158 valence electrons. The molecule has 0 unspecified atom stereocenters. The number of carbonyl (C=O) groups is 2. The number of nitriles is 1. The van der Waals surface area contributed by atoms with Crippen LogP contribution in [-0.2, 0) is 14.8 Å². The fourth-order valence-corrected chi connectivity index (χ4v) is 4.46. The molecule has 3 aromatic rings. The highest BCUT2D eigenvalue weighted by molar-refractivity contribution is 7.94. The van der Waals surface area contributed by atoms with E-state index >= 15 is 0 Å². The predicted molar refractivity (Wildman–Crippen MR) is 114 cm³/mol. The SMILES string of the molecule is N#Cc1ccc(OCC(=O)NNC(=O)c2ccccc2NS(=O)(=O)c2cccs2)cc1. The summed E-state index contributed by atoms with van der Waals surface area (Å²) in [7, 11) is -3.84. The van der Waals surface area contributed by atoms with Crippen molar-refractivity contribution in [3.8, 4) is 11.8 Å². The number of benzene rings is 2. The number of ether oxygens (including phenoxy) is 1. The van der Waals surface area contributed by atoms with Crippen LogP contribution in [0.4, 0.5) is 5.69 Å². The monoisotopic (exact) mass is 456 g/mol. The van der Waals surface area contributed by atoms with Gasteiger partial charge in [-0.2, -0.15) is 5.26 Å². The molecule has 0 atom stereocenters. The number of hydrogen-bond donors (Lipinski definition) is 3. The summed E-state index contributed by atoms with van der Waals surface area (Å²) in [6, 6.07) is 17.2.